The van der Waals surface area contributed by atoms with Gasteiger partial charge in [-0.05, 0) is 42.7 Å². The second-order valence-electron chi connectivity index (χ2n) is 5.95. The van der Waals surface area contributed by atoms with Crippen LogP contribution in [0.5, 0.6) is 0 Å². The van der Waals surface area contributed by atoms with Crippen LogP contribution in [0.1, 0.15) is 28.8 Å². The van der Waals surface area contributed by atoms with Gasteiger partial charge in [-0.25, -0.2) is 0 Å². The smallest absolute Gasteiger partial charge is 0.255 e. The van der Waals surface area contributed by atoms with Crippen LogP contribution in [0.15, 0.2) is 54.6 Å². The van der Waals surface area contributed by atoms with E-state index in [2.05, 4.69) is 10.2 Å². The molecule has 1 aliphatic carbocycles. The molecule has 0 spiro atoms. The van der Waals surface area contributed by atoms with Gasteiger partial charge in [-0.1, -0.05) is 30.3 Å². The monoisotopic (exact) mass is 310 g/mol. The van der Waals surface area contributed by atoms with Crippen LogP contribution in [-0.4, -0.2) is 35.1 Å². The molecule has 4 heteroatoms. The number of hydrogen-bond acceptors (Lipinski definition) is 3. The Labute approximate surface area is 136 Å². The third-order valence-corrected chi connectivity index (χ3v) is 4.06. The molecule has 0 atom stereocenters. The molecule has 0 saturated heterocycles. The Bertz CT molecular complexity index is 653. The van der Waals surface area contributed by atoms with E-state index in [0.717, 1.165) is 17.8 Å². The molecular weight excluding hydrogens is 288 g/mol. The van der Waals surface area contributed by atoms with Crippen LogP contribution in [0.3, 0.4) is 0 Å². The summed E-state index contributed by atoms with van der Waals surface area (Å²) < 4.78 is 0. The molecule has 1 aliphatic rings. The predicted octanol–water partition coefficient (Wildman–Crippen LogP) is 2.90. The summed E-state index contributed by atoms with van der Waals surface area (Å²) in [5.41, 5.74) is 2.56. The first-order valence-electron chi connectivity index (χ1n) is 8.06. The van der Waals surface area contributed by atoms with Gasteiger partial charge < -0.3 is 10.4 Å². The van der Waals surface area contributed by atoms with Crippen molar-refractivity contribution in [1.82, 2.24) is 4.90 Å². The number of amides is 1. The molecule has 4 nitrogen and oxygen atoms in total. The van der Waals surface area contributed by atoms with E-state index < -0.39 is 0 Å². The number of anilines is 1. The van der Waals surface area contributed by atoms with E-state index in [1.54, 1.807) is 0 Å². The number of aliphatic hydroxyl groups is 1. The largest absolute Gasteiger partial charge is 0.395 e. The molecule has 2 aromatic carbocycles. The first kappa shape index (κ1) is 15.7. The number of aliphatic hydroxyl groups excluding tert-OH is 1. The summed E-state index contributed by atoms with van der Waals surface area (Å²) in [6.45, 7) is 1.63. The van der Waals surface area contributed by atoms with E-state index in [1.807, 2.05) is 54.6 Å². The number of benzene rings is 2. The highest BCUT2D eigenvalue weighted by Crippen LogP contribution is 2.28. The first-order valence-corrected chi connectivity index (χ1v) is 8.06. The van der Waals surface area contributed by atoms with E-state index in [4.69, 9.17) is 0 Å². The number of rotatable bonds is 7. The normalized spacial score (nSPS) is 14.0. The van der Waals surface area contributed by atoms with Crippen LogP contribution in [0, 0.1) is 0 Å². The molecule has 1 amide bonds. The standard InChI is InChI=1S/C19H22N2O2/c22-12-11-21(18-9-10-18)14-15-5-4-6-16(13-15)19(23)20-17-7-2-1-3-8-17/h1-8,13,18,22H,9-12,14H2,(H,20,23). The van der Waals surface area contributed by atoms with E-state index in [9.17, 15) is 9.90 Å². The first-order chi connectivity index (χ1) is 11.3. The Morgan fingerprint density at radius 3 is 2.61 bits per heavy atom. The Morgan fingerprint density at radius 2 is 1.91 bits per heavy atom. The number of hydrogen-bond donors (Lipinski definition) is 2. The van der Waals surface area contributed by atoms with Crippen molar-refractivity contribution in [3.05, 3.63) is 65.7 Å². The summed E-state index contributed by atoms with van der Waals surface area (Å²) in [5.74, 6) is -0.0989. The average molecular weight is 310 g/mol. The molecule has 1 fully saturated rings. The van der Waals surface area contributed by atoms with Crippen molar-refractivity contribution in [2.75, 3.05) is 18.5 Å². The summed E-state index contributed by atoms with van der Waals surface area (Å²) in [6, 6.07) is 17.8. The lowest BCUT2D eigenvalue weighted by Crippen LogP contribution is -2.28. The van der Waals surface area contributed by atoms with Gasteiger partial charge in [-0.15, -0.1) is 0 Å². The molecule has 0 unspecified atom stereocenters. The van der Waals surface area contributed by atoms with E-state index in [1.165, 1.54) is 12.8 Å². The highest BCUT2D eigenvalue weighted by atomic mass is 16.3. The molecule has 0 bridgehead atoms. The van der Waals surface area contributed by atoms with Gasteiger partial charge in [0.05, 0.1) is 6.61 Å². The average Bonchev–Trinajstić information content (AvgIpc) is 3.41. The topological polar surface area (TPSA) is 52.6 Å². The minimum Gasteiger partial charge on any atom is -0.395 e. The molecule has 0 heterocycles. The van der Waals surface area contributed by atoms with Gasteiger partial charge >= 0.3 is 0 Å². The highest BCUT2D eigenvalue weighted by molar-refractivity contribution is 6.04. The number of nitrogens with zero attached hydrogens (tertiary/aromatic N) is 1. The van der Waals surface area contributed by atoms with Crippen LogP contribution in [-0.2, 0) is 6.54 Å². The molecule has 3 rings (SSSR count). The minimum absolute atomic E-state index is 0.0989. The molecule has 0 aliphatic heterocycles. The Balaban J connectivity index is 1.67. The van der Waals surface area contributed by atoms with Crippen molar-refractivity contribution in [1.29, 1.82) is 0 Å². The van der Waals surface area contributed by atoms with Crippen LogP contribution in [0.25, 0.3) is 0 Å². The second-order valence-corrected chi connectivity index (χ2v) is 5.95. The van der Waals surface area contributed by atoms with Crippen molar-refractivity contribution in [3.8, 4) is 0 Å². The van der Waals surface area contributed by atoms with Crippen LogP contribution in [0.4, 0.5) is 5.69 Å². The summed E-state index contributed by atoms with van der Waals surface area (Å²) in [7, 11) is 0. The Hall–Kier alpha value is -2.17. The van der Waals surface area contributed by atoms with Gasteiger partial charge in [0, 0.05) is 30.4 Å². The van der Waals surface area contributed by atoms with Crippen molar-refractivity contribution in [3.63, 3.8) is 0 Å². The zero-order valence-electron chi connectivity index (χ0n) is 13.1. The molecule has 0 aromatic heterocycles. The maximum absolute atomic E-state index is 12.4. The lowest BCUT2D eigenvalue weighted by atomic mass is 10.1. The predicted molar refractivity (Wildman–Crippen MR) is 91.4 cm³/mol. The fourth-order valence-corrected chi connectivity index (χ4v) is 2.73. The van der Waals surface area contributed by atoms with Crippen LogP contribution >= 0.6 is 0 Å². The van der Waals surface area contributed by atoms with Crippen LogP contribution < -0.4 is 5.32 Å². The fourth-order valence-electron chi connectivity index (χ4n) is 2.73. The van der Waals surface area contributed by atoms with Gasteiger partial charge in [0.15, 0.2) is 0 Å². The highest BCUT2D eigenvalue weighted by Gasteiger charge is 2.28. The number of carbonyl (C=O) groups is 1. The van der Waals surface area contributed by atoms with Gasteiger partial charge in [0.25, 0.3) is 5.91 Å². The molecule has 0 radical (unpaired) electrons. The van der Waals surface area contributed by atoms with Gasteiger partial charge in [-0.2, -0.15) is 0 Å². The lowest BCUT2D eigenvalue weighted by Gasteiger charge is -2.21. The van der Waals surface area contributed by atoms with Gasteiger partial charge in [0.2, 0.25) is 0 Å². The molecular formula is C19H22N2O2. The van der Waals surface area contributed by atoms with Crippen molar-refractivity contribution in [2.45, 2.75) is 25.4 Å². The quantitative estimate of drug-likeness (QED) is 0.827. The van der Waals surface area contributed by atoms with E-state index >= 15 is 0 Å². The molecule has 1 saturated carbocycles. The summed E-state index contributed by atoms with van der Waals surface area (Å²) in [6.07, 6.45) is 2.41. The summed E-state index contributed by atoms with van der Waals surface area (Å²) >= 11 is 0. The molecule has 2 aromatic rings. The Morgan fingerprint density at radius 1 is 1.13 bits per heavy atom. The van der Waals surface area contributed by atoms with Gasteiger partial charge in [-0.3, -0.25) is 9.69 Å². The Kier molecular flexibility index (Phi) is 5.05. The molecule has 2 N–H and O–H groups in total. The zero-order valence-corrected chi connectivity index (χ0v) is 13.1. The SMILES string of the molecule is O=C(Nc1ccccc1)c1cccc(CN(CCO)C2CC2)c1. The number of carbonyl (C=O) groups excluding carboxylic acids is 1. The van der Waals surface area contributed by atoms with Crippen molar-refractivity contribution in [2.24, 2.45) is 0 Å². The lowest BCUT2D eigenvalue weighted by molar-refractivity contribution is 0.102. The summed E-state index contributed by atoms with van der Waals surface area (Å²) in [4.78, 5) is 14.6. The van der Waals surface area contributed by atoms with E-state index in [-0.39, 0.29) is 12.5 Å². The fraction of sp³-hybridized carbons (Fsp3) is 0.316. The number of para-hydroxylation sites is 1. The molecule has 23 heavy (non-hydrogen) atoms. The minimum atomic E-state index is -0.0989. The second kappa shape index (κ2) is 7.40. The summed E-state index contributed by atoms with van der Waals surface area (Å²) in [5, 5.41) is 12.1. The third kappa shape index (κ3) is 4.41. The van der Waals surface area contributed by atoms with Gasteiger partial charge in [0.1, 0.15) is 0 Å². The van der Waals surface area contributed by atoms with Crippen molar-refractivity contribution < 1.29 is 9.90 Å². The maximum atomic E-state index is 12.4. The zero-order chi connectivity index (χ0) is 16.1. The number of nitrogens with one attached hydrogen (secondary N) is 1. The molecule has 120 valence electrons. The third-order valence-electron chi connectivity index (χ3n) is 4.06. The maximum Gasteiger partial charge on any atom is 0.255 e. The van der Waals surface area contributed by atoms with Crippen LogP contribution in [0.2, 0.25) is 0 Å². The van der Waals surface area contributed by atoms with Crippen molar-refractivity contribution >= 4 is 11.6 Å². The van der Waals surface area contributed by atoms with E-state index in [0.29, 0.717) is 18.2 Å².